The van der Waals surface area contributed by atoms with E-state index in [1.807, 2.05) is 13.0 Å². The molecular weight excluding hydrogens is 309 g/mol. The molecule has 2 aliphatic rings. The lowest BCUT2D eigenvalue weighted by Gasteiger charge is -2.38. The molecule has 3 rings (SSSR count). The maximum absolute atomic E-state index is 12.5. The predicted octanol–water partition coefficient (Wildman–Crippen LogP) is 2.93. The summed E-state index contributed by atoms with van der Waals surface area (Å²) >= 11 is 0. The first-order valence-corrected chi connectivity index (χ1v) is 7.17. The molecule has 1 spiro atoms. The minimum Gasteiger partial charge on any atom is -0.310 e. The molecule has 0 bridgehead atoms. The molecule has 1 aromatic rings. The number of carbonyl (C=O) groups is 1. The summed E-state index contributed by atoms with van der Waals surface area (Å²) in [6, 6.07) is 4.10. The van der Waals surface area contributed by atoms with E-state index < -0.39 is 0 Å². The van der Waals surface area contributed by atoms with Crippen LogP contribution in [-0.2, 0) is 10.2 Å². The van der Waals surface area contributed by atoms with E-state index in [4.69, 9.17) is 0 Å². The van der Waals surface area contributed by atoms with Crippen LogP contribution in [0.3, 0.4) is 0 Å². The molecule has 118 valence electrons. The molecule has 6 heteroatoms. The van der Waals surface area contributed by atoms with Crippen molar-refractivity contribution in [3.63, 3.8) is 0 Å². The number of anilines is 1. The van der Waals surface area contributed by atoms with Crippen LogP contribution in [0.25, 0.3) is 0 Å². The van der Waals surface area contributed by atoms with Crippen molar-refractivity contribution in [3.8, 4) is 0 Å². The van der Waals surface area contributed by atoms with Gasteiger partial charge in [0.2, 0.25) is 5.91 Å². The van der Waals surface area contributed by atoms with Crippen LogP contribution in [0.15, 0.2) is 12.1 Å². The van der Waals surface area contributed by atoms with Gasteiger partial charge >= 0.3 is 0 Å². The largest absolute Gasteiger partial charge is 0.310 e. The second-order valence-corrected chi connectivity index (χ2v) is 5.76. The molecule has 1 N–H and O–H groups in total. The molecule has 1 fully saturated rings. The van der Waals surface area contributed by atoms with Gasteiger partial charge in [0, 0.05) is 17.8 Å². The number of halogens is 2. The maximum Gasteiger partial charge on any atom is 0.237 e. The fraction of sp³-hybridized carbons (Fsp3) is 0.600. The molecule has 0 aromatic carbocycles. The Balaban J connectivity index is 0.00000110. The topological polar surface area (TPSA) is 45.2 Å². The van der Waals surface area contributed by atoms with Crippen LogP contribution in [-0.4, -0.2) is 35.4 Å². The molecule has 3 heterocycles. The van der Waals surface area contributed by atoms with E-state index in [9.17, 15) is 4.79 Å². The molecule has 1 unspecified atom stereocenters. The van der Waals surface area contributed by atoms with Crippen LogP contribution in [0.5, 0.6) is 0 Å². The van der Waals surface area contributed by atoms with E-state index in [2.05, 4.69) is 28.2 Å². The summed E-state index contributed by atoms with van der Waals surface area (Å²) in [6.07, 6.45) is 3.16. The van der Waals surface area contributed by atoms with Crippen LogP contribution in [0.2, 0.25) is 0 Å². The Labute approximate surface area is 138 Å². The Morgan fingerprint density at radius 3 is 2.86 bits per heavy atom. The molecule has 1 atom stereocenters. The highest BCUT2D eigenvalue weighted by Gasteiger charge is 2.49. The van der Waals surface area contributed by atoms with E-state index in [0.29, 0.717) is 0 Å². The van der Waals surface area contributed by atoms with Crippen LogP contribution < -0.4 is 5.32 Å². The lowest BCUT2D eigenvalue weighted by molar-refractivity contribution is -0.122. The second kappa shape index (κ2) is 6.95. The summed E-state index contributed by atoms with van der Waals surface area (Å²) in [5.74, 6) is 0.921. The van der Waals surface area contributed by atoms with Gasteiger partial charge in [0.25, 0.3) is 0 Å². The van der Waals surface area contributed by atoms with Gasteiger partial charge in [0.05, 0.1) is 5.41 Å². The average molecular weight is 332 g/mol. The molecule has 4 nitrogen and oxygen atoms in total. The first-order chi connectivity index (χ1) is 9.15. The molecule has 1 amide bonds. The number of nitrogens with zero attached hydrogens (tertiary/aromatic N) is 2. The molecule has 0 aliphatic carbocycles. The van der Waals surface area contributed by atoms with Crippen molar-refractivity contribution in [1.29, 1.82) is 0 Å². The van der Waals surface area contributed by atoms with Crippen LogP contribution >= 0.6 is 24.8 Å². The zero-order chi connectivity index (χ0) is 13.5. The summed E-state index contributed by atoms with van der Waals surface area (Å²) < 4.78 is 0. The smallest absolute Gasteiger partial charge is 0.237 e. The minimum atomic E-state index is -0.358. The van der Waals surface area contributed by atoms with Gasteiger partial charge in [-0.15, -0.1) is 24.8 Å². The molecule has 2 aliphatic heterocycles. The van der Waals surface area contributed by atoms with Crippen LogP contribution in [0.4, 0.5) is 5.82 Å². The third kappa shape index (κ3) is 3.03. The number of pyridine rings is 1. The van der Waals surface area contributed by atoms with Gasteiger partial charge in [-0.3, -0.25) is 4.79 Å². The third-order valence-corrected chi connectivity index (χ3v) is 4.33. The van der Waals surface area contributed by atoms with Gasteiger partial charge in [0.1, 0.15) is 5.82 Å². The molecule has 1 saturated heterocycles. The van der Waals surface area contributed by atoms with Gasteiger partial charge in [0.15, 0.2) is 0 Å². The highest BCUT2D eigenvalue weighted by Crippen LogP contribution is 2.42. The molecular formula is C15H23Cl2N3O. The summed E-state index contributed by atoms with van der Waals surface area (Å²) in [5.41, 5.74) is 1.70. The Bertz CT molecular complexity index is 522. The van der Waals surface area contributed by atoms with E-state index in [1.54, 1.807) is 0 Å². The van der Waals surface area contributed by atoms with Gasteiger partial charge in [-0.05, 0) is 45.3 Å². The van der Waals surface area contributed by atoms with E-state index in [0.717, 1.165) is 56.0 Å². The second-order valence-electron chi connectivity index (χ2n) is 5.76. The minimum absolute atomic E-state index is 0. The Kier molecular flexibility index (Phi) is 6.02. The highest BCUT2D eigenvalue weighted by atomic mass is 35.5. The van der Waals surface area contributed by atoms with Gasteiger partial charge in [-0.25, -0.2) is 4.98 Å². The van der Waals surface area contributed by atoms with Gasteiger partial charge in [-0.2, -0.15) is 0 Å². The SMILES string of the molecule is CCCN1CCCC2(C1)C(=O)Nc1nc(C)ccc12.Cl.Cl. The van der Waals surface area contributed by atoms with Gasteiger partial charge < -0.3 is 10.2 Å². The first-order valence-electron chi connectivity index (χ1n) is 7.17. The summed E-state index contributed by atoms with van der Waals surface area (Å²) in [6.45, 7) is 7.17. The van der Waals surface area contributed by atoms with Crippen LogP contribution in [0, 0.1) is 6.92 Å². The number of nitrogens with one attached hydrogen (secondary N) is 1. The van der Waals surface area contributed by atoms with Crippen molar-refractivity contribution >= 4 is 36.5 Å². The lowest BCUT2D eigenvalue weighted by atomic mass is 9.75. The Morgan fingerprint density at radius 2 is 2.14 bits per heavy atom. The number of rotatable bonds is 2. The zero-order valence-electron chi connectivity index (χ0n) is 12.5. The third-order valence-electron chi connectivity index (χ3n) is 4.33. The number of hydrogen-bond donors (Lipinski definition) is 1. The van der Waals surface area contributed by atoms with Crippen molar-refractivity contribution in [2.24, 2.45) is 0 Å². The Hall–Kier alpha value is -0.840. The number of likely N-dealkylation sites (tertiary alicyclic amines) is 1. The number of amides is 1. The van der Waals surface area contributed by atoms with E-state index in [-0.39, 0.29) is 36.1 Å². The van der Waals surface area contributed by atoms with Gasteiger partial charge in [-0.1, -0.05) is 13.0 Å². The first kappa shape index (κ1) is 18.2. The molecule has 21 heavy (non-hydrogen) atoms. The number of aromatic nitrogens is 1. The van der Waals surface area contributed by atoms with Crippen molar-refractivity contribution in [2.45, 2.75) is 38.5 Å². The van der Waals surface area contributed by atoms with E-state index in [1.165, 1.54) is 0 Å². The number of aryl methyl sites for hydroxylation is 1. The van der Waals surface area contributed by atoms with Crippen molar-refractivity contribution in [2.75, 3.05) is 25.0 Å². The number of piperidine rings is 1. The van der Waals surface area contributed by atoms with Crippen LogP contribution in [0.1, 0.15) is 37.4 Å². The normalized spacial score (nSPS) is 24.0. The quantitative estimate of drug-likeness (QED) is 0.906. The number of fused-ring (bicyclic) bond motifs is 2. The fourth-order valence-electron chi connectivity index (χ4n) is 3.44. The highest BCUT2D eigenvalue weighted by molar-refractivity contribution is 6.05. The van der Waals surface area contributed by atoms with Crippen molar-refractivity contribution in [1.82, 2.24) is 9.88 Å². The summed E-state index contributed by atoms with van der Waals surface area (Å²) in [5, 5.41) is 2.98. The van der Waals surface area contributed by atoms with Crippen molar-refractivity contribution in [3.05, 3.63) is 23.4 Å². The number of carbonyl (C=O) groups excluding carboxylic acids is 1. The fourth-order valence-corrected chi connectivity index (χ4v) is 3.44. The van der Waals surface area contributed by atoms with E-state index >= 15 is 0 Å². The molecule has 0 saturated carbocycles. The standard InChI is InChI=1S/C15H21N3O.2ClH/c1-3-8-18-9-4-7-15(10-18)12-6-5-11(2)16-13(12)17-14(15)19;;/h5-6H,3-4,7-10H2,1-2H3,(H,16,17,19);2*1H. The zero-order valence-corrected chi connectivity index (χ0v) is 14.1. The van der Waals surface area contributed by atoms with Crippen molar-refractivity contribution < 1.29 is 4.79 Å². The predicted molar refractivity (Wildman–Crippen MR) is 89.7 cm³/mol. The summed E-state index contributed by atoms with van der Waals surface area (Å²) in [7, 11) is 0. The number of hydrogen-bond acceptors (Lipinski definition) is 3. The lowest BCUT2D eigenvalue weighted by Crippen LogP contribution is -2.50. The Morgan fingerprint density at radius 1 is 1.38 bits per heavy atom. The average Bonchev–Trinajstić information content (AvgIpc) is 2.62. The molecule has 0 radical (unpaired) electrons. The maximum atomic E-state index is 12.5. The monoisotopic (exact) mass is 331 g/mol. The summed E-state index contributed by atoms with van der Waals surface area (Å²) in [4.78, 5) is 19.4. The molecule has 1 aromatic heterocycles.